The molecule has 1 nitrogen and oxygen atoms in total. The molecule has 0 N–H and O–H groups in total. The molecule has 0 fully saturated rings. The van der Waals surface area contributed by atoms with Crippen molar-refractivity contribution in [3.8, 4) is 0 Å². The monoisotopic (exact) mass is 372 g/mol. The van der Waals surface area contributed by atoms with E-state index in [1.807, 2.05) is 18.2 Å². The van der Waals surface area contributed by atoms with Crippen molar-refractivity contribution in [2.75, 3.05) is 5.88 Å². The van der Waals surface area contributed by atoms with Crippen LogP contribution in [0.3, 0.4) is 0 Å². The molecule has 1 aromatic rings. The normalized spacial score (nSPS) is 10.1. The van der Waals surface area contributed by atoms with Gasteiger partial charge in [0.25, 0.3) is 0 Å². The van der Waals surface area contributed by atoms with Crippen molar-refractivity contribution >= 4 is 55.9 Å². The van der Waals surface area contributed by atoms with Crippen molar-refractivity contribution in [1.29, 1.82) is 0 Å². The Morgan fingerprint density at radius 1 is 1.54 bits per heavy atom. The van der Waals surface area contributed by atoms with E-state index in [0.29, 0.717) is 17.9 Å². The third kappa shape index (κ3) is 3.22. The van der Waals surface area contributed by atoms with Crippen LogP contribution in [0.25, 0.3) is 0 Å². The summed E-state index contributed by atoms with van der Waals surface area (Å²) in [6.45, 7) is 0. The summed E-state index contributed by atoms with van der Waals surface area (Å²) in [7, 11) is 0. The Morgan fingerprint density at radius 3 is 2.77 bits per heavy atom. The van der Waals surface area contributed by atoms with Gasteiger partial charge >= 0.3 is 0 Å². The van der Waals surface area contributed by atoms with Gasteiger partial charge in [-0.05, 0) is 40.8 Å². The largest absolute Gasteiger partial charge is 0.294 e. The molecule has 0 aromatic heterocycles. The number of hydrogen-bond acceptors (Lipinski definition) is 1. The number of carbonyl (C=O) groups excluding carboxylic acids is 1. The van der Waals surface area contributed by atoms with Crippen LogP contribution in [0.4, 0.5) is 0 Å². The number of rotatable bonds is 3. The maximum Gasteiger partial charge on any atom is 0.165 e. The molecular weight excluding hydrogens is 366 g/mol. The molecule has 4 heteroatoms. The van der Waals surface area contributed by atoms with Crippen molar-refractivity contribution in [3.63, 3.8) is 0 Å². The van der Waals surface area contributed by atoms with E-state index in [1.54, 1.807) is 0 Å². The van der Waals surface area contributed by atoms with Gasteiger partial charge < -0.3 is 0 Å². The number of alkyl halides is 1. The maximum absolute atomic E-state index is 11.5. The van der Waals surface area contributed by atoms with Crippen molar-refractivity contribution in [2.24, 2.45) is 0 Å². The van der Waals surface area contributed by atoms with Crippen LogP contribution >= 0.6 is 50.1 Å². The Balaban J connectivity index is 2.95. The highest BCUT2D eigenvalue weighted by Crippen LogP contribution is 2.21. The molecule has 1 rings (SSSR count). The van der Waals surface area contributed by atoms with Gasteiger partial charge in [0.15, 0.2) is 5.78 Å². The predicted molar refractivity (Wildman–Crippen MR) is 66.5 cm³/mol. The number of ketones is 1. The van der Waals surface area contributed by atoms with Crippen molar-refractivity contribution in [1.82, 2.24) is 0 Å². The summed E-state index contributed by atoms with van der Waals surface area (Å²) >= 11 is 11.0. The molecule has 0 aliphatic heterocycles. The van der Waals surface area contributed by atoms with Gasteiger partial charge in [0.05, 0.1) is 0 Å². The molecule has 13 heavy (non-hydrogen) atoms. The van der Waals surface area contributed by atoms with Crippen LogP contribution in [-0.4, -0.2) is 11.7 Å². The predicted octanol–water partition coefficient (Wildman–Crippen LogP) is 3.87. The first kappa shape index (κ1) is 11.5. The van der Waals surface area contributed by atoms with Crippen molar-refractivity contribution in [3.05, 3.63) is 31.8 Å². The molecule has 0 saturated carbocycles. The van der Waals surface area contributed by atoms with Gasteiger partial charge in [-0.1, -0.05) is 15.9 Å². The molecule has 0 unspecified atom stereocenters. The number of halogens is 3. The highest BCUT2D eigenvalue weighted by atomic mass is 127. The third-order valence-corrected chi connectivity index (χ3v) is 3.07. The Kier molecular flexibility index (Phi) is 4.69. The SMILES string of the molecule is O=C(CCCl)c1ccc(I)cc1Br. The van der Waals surface area contributed by atoms with E-state index in [2.05, 4.69) is 38.5 Å². The Bertz CT molecular complexity index is 327. The highest BCUT2D eigenvalue weighted by Gasteiger charge is 2.08. The smallest absolute Gasteiger partial charge is 0.165 e. The lowest BCUT2D eigenvalue weighted by Crippen LogP contribution is -2.00. The number of carbonyl (C=O) groups is 1. The van der Waals surface area contributed by atoms with Gasteiger partial charge in [0.2, 0.25) is 0 Å². The van der Waals surface area contributed by atoms with E-state index in [1.165, 1.54) is 0 Å². The topological polar surface area (TPSA) is 17.1 Å². The van der Waals surface area contributed by atoms with E-state index in [4.69, 9.17) is 11.6 Å². The summed E-state index contributed by atoms with van der Waals surface area (Å²) in [4.78, 5) is 11.5. The molecule has 0 atom stereocenters. The fraction of sp³-hybridized carbons (Fsp3) is 0.222. The van der Waals surface area contributed by atoms with Crippen LogP contribution in [0, 0.1) is 3.57 Å². The van der Waals surface area contributed by atoms with E-state index < -0.39 is 0 Å². The molecule has 0 aliphatic rings. The lowest BCUT2D eigenvalue weighted by atomic mass is 10.1. The summed E-state index contributed by atoms with van der Waals surface area (Å²) in [5.41, 5.74) is 0.709. The second-order valence-electron chi connectivity index (χ2n) is 2.49. The Labute approximate surface area is 104 Å². The second-order valence-corrected chi connectivity index (χ2v) is 4.96. The molecule has 0 saturated heterocycles. The standard InChI is InChI=1S/C9H7BrClIO/c10-8-5-6(12)1-2-7(8)9(13)3-4-11/h1-2,5H,3-4H2. The van der Waals surface area contributed by atoms with Gasteiger partial charge in [-0.3, -0.25) is 4.79 Å². The van der Waals surface area contributed by atoms with Crippen LogP contribution < -0.4 is 0 Å². The summed E-state index contributed by atoms with van der Waals surface area (Å²) in [6.07, 6.45) is 0.390. The van der Waals surface area contributed by atoms with Crippen LogP contribution in [0.5, 0.6) is 0 Å². The van der Waals surface area contributed by atoms with Gasteiger partial charge in [-0.15, -0.1) is 11.6 Å². The van der Waals surface area contributed by atoms with E-state index in [-0.39, 0.29) is 5.78 Å². The molecule has 1 aromatic carbocycles. The van der Waals surface area contributed by atoms with Crippen molar-refractivity contribution < 1.29 is 4.79 Å². The summed E-state index contributed by atoms with van der Waals surface area (Å²) in [5.74, 6) is 0.454. The fourth-order valence-electron chi connectivity index (χ4n) is 0.936. The van der Waals surface area contributed by atoms with Gasteiger partial charge in [-0.2, -0.15) is 0 Å². The first-order chi connectivity index (χ1) is 6.15. The van der Waals surface area contributed by atoms with Crippen LogP contribution in [0.15, 0.2) is 22.7 Å². The van der Waals surface area contributed by atoms with Crippen LogP contribution in [-0.2, 0) is 0 Å². The van der Waals surface area contributed by atoms with E-state index in [9.17, 15) is 4.79 Å². The molecule has 0 radical (unpaired) electrons. The second kappa shape index (κ2) is 5.32. The molecule has 0 aliphatic carbocycles. The first-order valence-electron chi connectivity index (χ1n) is 3.69. The minimum atomic E-state index is 0.0817. The molecule has 70 valence electrons. The Morgan fingerprint density at radius 2 is 2.23 bits per heavy atom. The number of hydrogen-bond donors (Lipinski definition) is 0. The zero-order valence-corrected chi connectivity index (χ0v) is 11.2. The number of benzene rings is 1. The minimum Gasteiger partial charge on any atom is -0.294 e. The summed E-state index contributed by atoms with van der Waals surface area (Å²) < 4.78 is 1.95. The molecule has 0 spiro atoms. The van der Waals surface area contributed by atoms with Crippen LogP contribution in [0.1, 0.15) is 16.8 Å². The maximum atomic E-state index is 11.5. The lowest BCUT2D eigenvalue weighted by molar-refractivity contribution is 0.0988. The fourth-order valence-corrected chi connectivity index (χ4v) is 2.63. The van der Waals surface area contributed by atoms with Crippen LogP contribution in [0.2, 0.25) is 0 Å². The van der Waals surface area contributed by atoms with Crippen molar-refractivity contribution in [2.45, 2.75) is 6.42 Å². The minimum absolute atomic E-state index is 0.0817. The molecular formula is C9H7BrClIO. The average molecular weight is 373 g/mol. The summed E-state index contributed by atoms with van der Waals surface area (Å²) in [5, 5.41) is 0. The van der Waals surface area contributed by atoms with Gasteiger partial charge in [0, 0.05) is 25.9 Å². The zero-order valence-electron chi connectivity index (χ0n) is 6.69. The highest BCUT2D eigenvalue weighted by molar-refractivity contribution is 14.1. The molecule has 0 bridgehead atoms. The first-order valence-corrected chi connectivity index (χ1v) is 6.10. The zero-order chi connectivity index (χ0) is 9.84. The number of Topliss-reactive ketones (excluding diaryl/α,β-unsaturated/α-hetero) is 1. The third-order valence-electron chi connectivity index (χ3n) is 1.55. The Hall–Kier alpha value is 0.390. The van der Waals surface area contributed by atoms with Gasteiger partial charge in [0.1, 0.15) is 0 Å². The average Bonchev–Trinajstić information content (AvgIpc) is 2.04. The summed E-state index contributed by atoms with van der Waals surface area (Å²) in [6, 6.07) is 5.65. The van der Waals surface area contributed by atoms with E-state index in [0.717, 1.165) is 8.04 Å². The molecule has 0 amide bonds. The quantitative estimate of drug-likeness (QED) is 0.447. The van der Waals surface area contributed by atoms with E-state index >= 15 is 0 Å². The lowest BCUT2D eigenvalue weighted by Gasteiger charge is -2.02. The van der Waals surface area contributed by atoms with Gasteiger partial charge in [-0.25, -0.2) is 0 Å². The molecule has 0 heterocycles.